The van der Waals surface area contributed by atoms with Crippen LogP contribution in [-0.2, 0) is 9.53 Å². The van der Waals surface area contributed by atoms with Gasteiger partial charge in [-0.1, -0.05) is 6.07 Å². The summed E-state index contributed by atoms with van der Waals surface area (Å²) in [5.41, 5.74) is 1.82. The molecule has 0 spiro atoms. The molecule has 1 fully saturated rings. The molecule has 3 heterocycles. The number of anilines is 1. The van der Waals surface area contributed by atoms with Crippen LogP contribution in [0.15, 0.2) is 42.6 Å². The number of rotatable bonds is 5. The number of pyridine rings is 2. The number of esters is 1. The molecule has 1 aliphatic heterocycles. The molecular weight excluding hydrogens is 385 g/mol. The van der Waals surface area contributed by atoms with Crippen LogP contribution in [-0.4, -0.2) is 42.7 Å². The number of aromatic nitrogens is 2. The second-order valence-corrected chi connectivity index (χ2v) is 7.26. The van der Waals surface area contributed by atoms with Gasteiger partial charge in [-0.2, -0.15) is 0 Å². The Bertz CT molecular complexity index is 1060. The lowest BCUT2D eigenvalue weighted by atomic mass is 9.97. The Morgan fingerprint density at radius 2 is 2.03 bits per heavy atom. The van der Waals surface area contributed by atoms with Gasteiger partial charge < -0.3 is 14.4 Å². The van der Waals surface area contributed by atoms with Crippen molar-refractivity contribution in [2.24, 2.45) is 5.92 Å². The van der Waals surface area contributed by atoms with E-state index in [1.807, 2.05) is 25.1 Å². The average molecular weight is 409 g/mol. The lowest BCUT2D eigenvalue weighted by Crippen LogP contribution is -2.37. The Hall–Kier alpha value is -3.22. The van der Waals surface area contributed by atoms with Gasteiger partial charge in [0, 0.05) is 30.2 Å². The van der Waals surface area contributed by atoms with Crippen molar-refractivity contribution in [3.8, 4) is 17.0 Å². The minimum absolute atomic E-state index is 0.0777. The third kappa shape index (κ3) is 3.92. The van der Waals surface area contributed by atoms with E-state index in [0.717, 1.165) is 11.2 Å². The van der Waals surface area contributed by atoms with Gasteiger partial charge in [-0.05, 0) is 50.1 Å². The van der Waals surface area contributed by atoms with Gasteiger partial charge in [0.2, 0.25) is 0 Å². The molecule has 1 aromatic carbocycles. The van der Waals surface area contributed by atoms with E-state index < -0.39 is 0 Å². The second kappa shape index (κ2) is 8.65. The number of nitrogens with zero attached hydrogens (tertiary/aromatic N) is 3. The van der Waals surface area contributed by atoms with E-state index >= 15 is 0 Å². The first-order valence-corrected chi connectivity index (χ1v) is 10.1. The van der Waals surface area contributed by atoms with Crippen LogP contribution in [0.2, 0.25) is 0 Å². The summed E-state index contributed by atoms with van der Waals surface area (Å²) in [6.45, 7) is 3.61. The molecule has 0 N–H and O–H groups in total. The summed E-state index contributed by atoms with van der Waals surface area (Å²) in [4.78, 5) is 23.5. The maximum absolute atomic E-state index is 14.0. The molecule has 0 saturated carbocycles. The Labute approximate surface area is 174 Å². The first-order chi connectivity index (χ1) is 14.6. The Morgan fingerprint density at radius 3 is 2.77 bits per heavy atom. The summed E-state index contributed by atoms with van der Waals surface area (Å²) >= 11 is 0. The number of piperidine rings is 1. The predicted octanol–water partition coefficient (Wildman–Crippen LogP) is 4.22. The van der Waals surface area contributed by atoms with E-state index in [0.29, 0.717) is 55.1 Å². The number of halogens is 1. The zero-order valence-electron chi connectivity index (χ0n) is 17.1. The third-order valence-electron chi connectivity index (χ3n) is 5.43. The molecule has 0 aliphatic carbocycles. The SMILES string of the molecule is CCOC(=O)C1CCN(c2cc3cccnc3c(-c3cc(F)ccc3OC)n2)CC1. The van der Waals surface area contributed by atoms with Gasteiger partial charge in [0.1, 0.15) is 23.1 Å². The first-order valence-electron chi connectivity index (χ1n) is 10.1. The van der Waals surface area contributed by atoms with Crippen LogP contribution in [0.5, 0.6) is 5.75 Å². The number of methoxy groups -OCH3 is 1. The van der Waals surface area contributed by atoms with Crippen molar-refractivity contribution in [3.05, 3.63) is 48.4 Å². The standard InChI is InChI=1S/C23H24FN3O3/c1-3-30-23(28)15-8-11-27(12-9-15)20-13-16-5-4-10-25-21(16)22(26-20)18-14-17(24)6-7-19(18)29-2/h4-7,10,13-15H,3,8-9,11-12H2,1-2H3. The molecule has 7 heteroatoms. The lowest BCUT2D eigenvalue weighted by Gasteiger charge is -2.32. The molecule has 156 valence electrons. The number of hydrogen-bond donors (Lipinski definition) is 0. The molecule has 0 unspecified atom stereocenters. The van der Waals surface area contributed by atoms with Crippen molar-refractivity contribution >= 4 is 22.7 Å². The fourth-order valence-electron chi connectivity index (χ4n) is 3.89. The highest BCUT2D eigenvalue weighted by Gasteiger charge is 2.27. The topological polar surface area (TPSA) is 64.5 Å². The first kappa shape index (κ1) is 20.1. The largest absolute Gasteiger partial charge is 0.496 e. The zero-order valence-corrected chi connectivity index (χ0v) is 17.1. The van der Waals surface area contributed by atoms with E-state index in [-0.39, 0.29) is 17.7 Å². The average Bonchev–Trinajstić information content (AvgIpc) is 2.78. The summed E-state index contributed by atoms with van der Waals surface area (Å²) < 4.78 is 24.7. The molecule has 6 nitrogen and oxygen atoms in total. The van der Waals surface area contributed by atoms with E-state index in [4.69, 9.17) is 14.5 Å². The van der Waals surface area contributed by atoms with Crippen molar-refractivity contribution in [1.82, 2.24) is 9.97 Å². The predicted molar refractivity (Wildman–Crippen MR) is 113 cm³/mol. The van der Waals surface area contributed by atoms with Crippen LogP contribution >= 0.6 is 0 Å². The van der Waals surface area contributed by atoms with Crippen LogP contribution in [0.25, 0.3) is 22.2 Å². The highest BCUT2D eigenvalue weighted by molar-refractivity contribution is 5.94. The fraction of sp³-hybridized carbons (Fsp3) is 0.348. The number of ether oxygens (including phenoxy) is 2. The fourth-order valence-corrected chi connectivity index (χ4v) is 3.89. The molecule has 1 aliphatic rings. The second-order valence-electron chi connectivity index (χ2n) is 7.26. The van der Waals surface area contributed by atoms with Gasteiger partial charge in [-0.15, -0.1) is 0 Å². The summed E-state index contributed by atoms with van der Waals surface area (Å²) in [6, 6.07) is 10.2. The highest BCUT2D eigenvalue weighted by Crippen LogP contribution is 2.36. The van der Waals surface area contributed by atoms with E-state index in [1.165, 1.54) is 12.1 Å². The van der Waals surface area contributed by atoms with Crippen molar-refractivity contribution in [2.75, 3.05) is 31.7 Å². The Morgan fingerprint density at radius 1 is 1.23 bits per heavy atom. The Kier molecular flexibility index (Phi) is 5.79. The quantitative estimate of drug-likeness (QED) is 0.588. The molecule has 1 saturated heterocycles. The zero-order chi connectivity index (χ0) is 21.1. The molecule has 0 radical (unpaired) electrons. The number of fused-ring (bicyclic) bond motifs is 1. The number of carbonyl (C=O) groups is 1. The molecule has 4 rings (SSSR count). The van der Waals surface area contributed by atoms with Crippen LogP contribution in [0.3, 0.4) is 0 Å². The van der Waals surface area contributed by atoms with Gasteiger partial charge in [0.05, 0.1) is 25.2 Å². The van der Waals surface area contributed by atoms with E-state index in [9.17, 15) is 9.18 Å². The summed E-state index contributed by atoms with van der Waals surface area (Å²) in [5.74, 6) is 0.745. The number of benzene rings is 1. The summed E-state index contributed by atoms with van der Waals surface area (Å²) in [5, 5.41) is 0.913. The molecular formula is C23H24FN3O3. The van der Waals surface area contributed by atoms with Crippen LogP contribution in [0, 0.1) is 11.7 Å². The van der Waals surface area contributed by atoms with Gasteiger partial charge in [-0.25, -0.2) is 9.37 Å². The van der Waals surface area contributed by atoms with Crippen molar-refractivity contribution in [2.45, 2.75) is 19.8 Å². The summed E-state index contributed by atoms with van der Waals surface area (Å²) in [7, 11) is 1.55. The highest BCUT2D eigenvalue weighted by atomic mass is 19.1. The van der Waals surface area contributed by atoms with Crippen molar-refractivity contribution in [1.29, 1.82) is 0 Å². The maximum atomic E-state index is 14.0. The van der Waals surface area contributed by atoms with Gasteiger partial charge in [0.15, 0.2) is 0 Å². The van der Waals surface area contributed by atoms with Crippen LogP contribution < -0.4 is 9.64 Å². The smallest absolute Gasteiger partial charge is 0.309 e. The minimum Gasteiger partial charge on any atom is -0.496 e. The molecule has 30 heavy (non-hydrogen) atoms. The van der Waals surface area contributed by atoms with Gasteiger partial charge >= 0.3 is 5.97 Å². The Balaban J connectivity index is 1.72. The van der Waals surface area contributed by atoms with Gasteiger partial charge in [0.25, 0.3) is 0 Å². The third-order valence-corrected chi connectivity index (χ3v) is 5.43. The van der Waals surface area contributed by atoms with Crippen LogP contribution in [0.4, 0.5) is 10.2 Å². The van der Waals surface area contributed by atoms with Crippen molar-refractivity contribution < 1.29 is 18.7 Å². The maximum Gasteiger partial charge on any atom is 0.309 e. The minimum atomic E-state index is -0.364. The molecule has 0 bridgehead atoms. The molecule has 2 aromatic heterocycles. The monoisotopic (exact) mass is 409 g/mol. The molecule has 3 aromatic rings. The van der Waals surface area contributed by atoms with Gasteiger partial charge in [-0.3, -0.25) is 9.78 Å². The normalized spacial score (nSPS) is 14.7. The molecule has 0 atom stereocenters. The number of carbonyl (C=O) groups excluding carboxylic acids is 1. The molecule has 0 amide bonds. The lowest BCUT2D eigenvalue weighted by molar-refractivity contribution is -0.148. The van der Waals surface area contributed by atoms with E-state index in [2.05, 4.69) is 9.88 Å². The van der Waals surface area contributed by atoms with Crippen molar-refractivity contribution in [3.63, 3.8) is 0 Å². The summed E-state index contributed by atoms with van der Waals surface area (Å²) in [6.07, 6.45) is 3.12. The van der Waals surface area contributed by atoms with Crippen LogP contribution in [0.1, 0.15) is 19.8 Å². The van der Waals surface area contributed by atoms with E-state index in [1.54, 1.807) is 19.4 Å². The number of hydrogen-bond acceptors (Lipinski definition) is 6.